The van der Waals surface area contributed by atoms with E-state index in [1.807, 2.05) is 32.0 Å². The molecule has 3 heterocycles. The van der Waals surface area contributed by atoms with Gasteiger partial charge in [0.2, 0.25) is 0 Å². The zero-order chi connectivity index (χ0) is 17.3. The number of pyridine rings is 1. The fourth-order valence-corrected chi connectivity index (χ4v) is 2.85. The van der Waals surface area contributed by atoms with Crippen molar-refractivity contribution in [2.45, 2.75) is 13.8 Å². The van der Waals surface area contributed by atoms with E-state index in [0.717, 1.165) is 27.5 Å². The van der Waals surface area contributed by atoms with Gasteiger partial charge in [-0.1, -0.05) is 6.08 Å². The van der Waals surface area contributed by atoms with Gasteiger partial charge in [-0.3, -0.25) is 14.7 Å². The Labute approximate surface area is 140 Å². The van der Waals surface area contributed by atoms with Gasteiger partial charge in [-0.2, -0.15) is 0 Å². The van der Waals surface area contributed by atoms with E-state index < -0.39 is 6.03 Å². The molecule has 0 radical (unpaired) electrons. The van der Waals surface area contributed by atoms with Gasteiger partial charge >= 0.3 is 6.03 Å². The number of hydrogen-bond donors (Lipinski definition) is 1. The van der Waals surface area contributed by atoms with Crippen LogP contribution in [0.2, 0.25) is 0 Å². The fraction of sp³-hybridized carbons (Fsp3) is 0.167. The Kier molecular flexibility index (Phi) is 4.04. The monoisotopic (exact) mass is 322 g/mol. The highest BCUT2D eigenvalue weighted by Gasteiger charge is 2.32. The normalized spacial score (nSPS) is 15.9. The van der Waals surface area contributed by atoms with Gasteiger partial charge in [-0.15, -0.1) is 6.58 Å². The second-order valence-corrected chi connectivity index (χ2v) is 5.56. The second-order valence-electron chi connectivity index (χ2n) is 5.56. The van der Waals surface area contributed by atoms with Gasteiger partial charge in [-0.05, 0) is 43.7 Å². The predicted molar refractivity (Wildman–Crippen MR) is 91.5 cm³/mol. The largest absolute Gasteiger partial charge is 0.329 e. The van der Waals surface area contributed by atoms with Crippen LogP contribution < -0.4 is 5.32 Å². The number of aryl methyl sites for hydroxylation is 1. The van der Waals surface area contributed by atoms with Crippen molar-refractivity contribution >= 4 is 18.0 Å². The van der Waals surface area contributed by atoms with Crippen LogP contribution in [0.1, 0.15) is 17.0 Å². The number of aromatic nitrogens is 2. The van der Waals surface area contributed by atoms with Gasteiger partial charge in [0.15, 0.2) is 0 Å². The second kappa shape index (κ2) is 6.16. The van der Waals surface area contributed by atoms with Crippen molar-refractivity contribution in [2.24, 2.45) is 0 Å². The van der Waals surface area contributed by atoms with Crippen LogP contribution >= 0.6 is 0 Å². The van der Waals surface area contributed by atoms with Crippen molar-refractivity contribution in [3.63, 3.8) is 0 Å². The van der Waals surface area contributed by atoms with Gasteiger partial charge in [0.05, 0.1) is 0 Å². The highest BCUT2D eigenvalue weighted by molar-refractivity contribution is 6.14. The summed E-state index contributed by atoms with van der Waals surface area (Å²) in [5.74, 6) is -0.339. The van der Waals surface area contributed by atoms with Crippen molar-refractivity contribution in [2.75, 3.05) is 6.54 Å². The molecule has 0 aromatic carbocycles. The third-order valence-corrected chi connectivity index (χ3v) is 3.97. The highest BCUT2D eigenvalue weighted by atomic mass is 16.2. The Morgan fingerprint density at radius 2 is 1.96 bits per heavy atom. The molecule has 0 aliphatic carbocycles. The number of nitrogens with zero attached hydrogens (tertiary/aromatic N) is 3. The Morgan fingerprint density at radius 3 is 2.62 bits per heavy atom. The van der Waals surface area contributed by atoms with Crippen LogP contribution in [-0.2, 0) is 4.79 Å². The highest BCUT2D eigenvalue weighted by Crippen LogP contribution is 2.23. The summed E-state index contributed by atoms with van der Waals surface area (Å²) in [6.07, 6.45) is 6.71. The summed E-state index contributed by atoms with van der Waals surface area (Å²) >= 11 is 0. The fourth-order valence-electron chi connectivity index (χ4n) is 2.85. The van der Waals surface area contributed by atoms with Crippen molar-refractivity contribution in [3.05, 3.63) is 65.9 Å². The summed E-state index contributed by atoms with van der Waals surface area (Å²) in [4.78, 5) is 29.3. The lowest BCUT2D eigenvalue weighted by Gasteiger charge is -2.09. The predicted octanol–water partition coefficient (Wildman–Crippen LogP) is 2.57. The van der Waals surface area contributed by atoms with E-state index >= 15 is 0 Å². The minimum Gasteiger partial charge on any atom is -0.318 e. The van der Waals surface area contributed by atoms with Gasteiger partial charge < -0.3 is 9.88 Å². The Bertz CT molecular complexity index is 849. The Hall–Kier alpha value is -3.15. The third kappa shape index (κ3) is 2.62. The molecule has 3 amide bonds. The topological polar surface area (TPSA) is 67.2 Å². The van der Waals surface area contributed by atoms with Gasteiger partial charge in [0.1, 0.15) is 5.70 Å². The minimum absolute atomic E-state index is 0.193. The van der Waals surface area contributed by atoms with E-state index in [1.165, 1.54) is 6.08 Å². The number of rotatable bonds is 4. The van der Waals surface area contributed by atoms with Crippen molar-refractivity contribution in [1.82, 2.24) is 19.8 Å². The van der Waals surface area contributed by atoms with Crippen LogP contribution in [0.25, 0.3) is 11.8 Å². The lowest BCUT2D eigenvalue weighted by atomic mass is 10.2. The number of carbonyl (C=O) groups excluding carboxylic acids is 2. The van der Waals surface area contributed by atoms with Crippen LogP contribution in [0.5, 0.6) is 0 Å². The summed E-state index contributed by atoms with van der Waals surface area (Å²) in [6.45, 7) is 7.72. The molecule has 122 valence electrons. The van der Waals surface area contributed by atoms with Gasteiger partial charge in [-0.25, -0.2) is 4.79 Å². The van der Waals surface area contributed by atoms with Crippen LogP contribution in [0.3, 0.4) is 0 Å². The summed E-state index contributed by atoms with van der Waals surface area (Å²) in [6, 6.07) is 5.41. The van der Waals surface area contributed by atoms with E-state index in [9.17, 15) is 9.59 Å². The quantitative estimate of drug-likeness (QED) is 0.534. The molecule has 1 fully saturated rings. The molecule has 1 aliphatic heterocycles. The van der Waals surface area contributed by atoms with E-state index in [-0.39, 0.29) is 18.1 Å². The molecule has 6 nitrogen and oxygen atoms in total. The van der Waals surface area contributed by atoms with Gasteiger partial charge in [0.25, 0.3) is 5.91 Å². The molecular formula is C18H18N4O2. The minimum atomic E-state index is -0.422. The van der Waals surface area contributed by atoms with E-state index in [1.54, 1.807) is 18.5 Å². The average Bonchev–Trinajstić information content (AvgIpc) is 2.99. The molecule has 1 aliphatic rings. The standard InChI is InChI=1S/C18H18N4O2/c1-4-9-21-17(23)16(20-18(21)24)11-14-10-12(2)22(13(14)3)15-5-7-19-8-6-15/h4-8,10-11H,1,9H2,2-3H3,(H,20,24)/b16-11+. The van der Waals surface area contributed by atoms with Crippen molar-refractivity contribution < 1.29 is 9.59 Å². The first-order valence-corrected chi connectivity index (χ1v) is 7.57. The number of nitrogens with one attached hydrogen (secondary N) is 1. The van der Waals surface area contributed by atoms with E-state index in [4.69, 9.17) is 0 Å². The first-order chi connectivity index (χ1) is 11.5. The average molecular weight is 322 g/mol. The molecule has 1 N–H and O–H groups in total. The zero-order valence-electron chi connectivity index (χ0n) is 13.6. The van der Waals surface area contributed by atoms with E-state index in [2.05, 4.69) is 21.4 Å². The number of carbonyl (C=O) groups is 2. The Morgan fingerprint density at radius 1 is 1.25 bits per heavy atom. The number of hydrogen-bond acceptors (Lipinski definition) is 3. The molecule has 3 rings (SSSR count). The zero-order valence-corrected chi connectivity index (χ0v) is 13.6. The molecule has 6 heteroatoms. The molecule has 0 spiro atoms. The lowest BCUT2D eigenvalue weighted by molar-refractivity contribution is -0.122. The molecule has 1 saturated heterocycles. The van der Waals surface area contributed by atoms with Crippen molar-refractivity contribution in [3.8, 4) is 5.69 Å². The molecule has 24 heavy (non-hydrogen) atoms. The molecule has 0 saturated carbocycles. The maximum Gasteiger partial charge on any atom is 0.329 e. The smallest absolute Gasteiger partial charge is 0.318 e. The maximum atomic E-state index is 12.3. The van der Waals surface area contributed by atoms with Crippen LogP contribution in [0.15, 0.2) is 48.9 Å². The summed E-state index contributed by atoms with van der Waals surface area (Å²) in [5, 5.41) is 2.61. The summed E-state index contributed by atoms with van der Waals surface area (Å²) in [5.41, 5.74) is 4.17. The van der Waals surface area contributed by atoms with Crippen LogP contribution in [-0.4, -0.2) is 32.9 Å². The number of amides is 3. The summed E-state index contributed by atoms with van der Waals surface area (Å²) < 4.78 is 2.08. The van der Waals surface area contributed by atoms with Crippen molar-refractivity contribution in [1.29, 1.82) is 0 Å². The SMILES string of the molecule is C=CCN1C(=O)N/C(=C/c2cc(C)n(-c3ccncc3)c2C)C1=O. The molecule has 0 unspecified atom stereocenters. The maximum absolute atomic E-state index is 12.3. The van der Waals surface area contributed by atoms with Crippen LogP contribution in [0, 0.1) is 13.8 Å². The first kappa shape index (κ1) is 15.7. The first-order valence-electron chi connectivity index (χ1n) is 7.57. The Balaban J connectivity index is 1.99. The number of urea groups is 1. The van der Waals surface area contributed by atoms with E-state index in [0.29, 0.717) is 0 Å². The molecule has 2 aromatic rings. The molecular weight excluding hydrogens is 304 g/mol. The third-order valence-electron chi connectivity index (χ3n) is 3.97. The number of imide groups is 1. The van der Waals surface area contributed by atoms with Gasteiger partial charge in [0, 0.05) is 36.0 Å². The summed E-state index contributed by atoms with van der Waals surface area (Å²) in [7, 11) is 0. The molecule has 0 atom stereocenters. The molecule has 2 aromatic heterocycles. The van der Waals surface area contributed by atoms with Crippen LogP contribution in [0.4, 0.5) is 4.79 Å². The molecule has 0 bridgehead atoms. The lowest BCUT2D eigenvalue weighted by Crippen LogP contribution is -2.30.